The zero-order chi connectivity index (χ0) is 29.9. The second-order valence-electron chi connectivity index (χ2n) is 7.46. The number of hydrogen-bond donors (Lipinski definition) is 8. The summed E-state index contributed by atoms with van der Waals surface area (Å²) in [5.41, 5.74) is 20.3. The standard InChI is InChI=1S/C22H32N14S4/c1-13(27-33-19(37)23-5)15(3)29-35-21(39)31-25-11-17-8-7-9-18(10-17)12-26-32-22(40)36-30-16(4)14(2)28-34-20(38)24-6/h7-12H,1-6H3,(H2,23,33,37)(H2,24,34,38)(H2,31,35,39)(H2,32,36,40)/b25-11+,26-12+,27-13?,28-14?,29-15?,30-16?. The van der Waals surface area contributed by atoms with Crippen molar-refractivity contribution in [2.24, 2.45) is 30.6 Å². The van der Waals surface area contributed by atoms with Crippen molar-refractivity contribution in [1.29, 1.82) is 0 Å². The fourth-order valence-corrected chi connectivity index (χ4v) is 2.36. The van der Waals surface area contributed by atoms with E-state index >= 15 is 0 Å². The normalized spacial score (nSPS) is 12.6. The number of rotatable bonds is 10. The van der Waals surface area contributed by atoms with Crippen molar-refractivity contribution in [3.8, 4) is 0 Å². The fraction of sp³-hybridized carbons (Fsp3) is 0.273. The molecule has 0 bridgehead atoms. The van der Waals surface area contributed by atoms with Crippen LogP contribution in [0, 0.1) is 0 Å². The lowest BCUT2D eigenvalue weighted by atomic mass is 10.1. The molecular weight excluding hydrogens is 589 g/mol. The molecule has 0 saturated heterocycles. The van der Waals surface area contributed by atoms with Gasteiger partial charge in [0.1, 0.15) is 0 Å². The number of nitrogens with one attached hydrogen (secondary N) is 8. The van der Waals surface area contributed by atoms with Gasteiger partial charge in [-0.1, -0.05) is 18.2 Å². The SMILES string of the molecule is CNC(=S)NN=C(C)C(C)=NNC(=S)N/N=C/c1cccc(/C=N/NC(=S)NN=C(C)C(C)=NNC(=S)NC)c1. The van der Waals surface area contributed by atoms with Gasteiger partial charge in [0.25, 0.3) is 0 Å². The largest absolute Gasteiger partial charge is 0.364 e. The number of nitrogens with zero attached hydrogens (tertiary/aromatic N) is 6. The van der Waals surface area contributed by atoms with Crippen LogP contribution in [-0.4, -0.2) is 69.8 Å². The Morgan fingerprint density at radius 3 is 1.20 bits per heavy atom. The summed E-state index contributed by atoms with van der Waals surface area (Å²) in [5.74, 6) is 0. The highest BCUT2D eigenvalue weighted by molar-refractivity contribution is 7.80. The van der Waals surface area contributed by atoms with Gasteiger partial charge in [0.15, 0.2) is 10.2 Å². The Morgan fingerprint density at radius 1 is 0.550 bits per heavy atom. The molecule has 0 aliphatic carbocycles. The maximum atomic E-state index is 5.18. The minimum absolute atomic E-state index is 0.210. The second kappa shape index (κ2) is 19.1. The monoisotopic (exact) mass is 620 g/mol. The van der Waals surface area contributed by atoms with Gasteiger partial charge in [0, 0.05) is 14.1 Å². The predicted molar refractivity (Wildman–Crippen MR) is 181 cm³/mol. The van der Waals surface area contributed by atoms with Gasteiger partial charge in [0.2, 0.25) is 10.2 Å². The van der Waals surface area contributed by atoms with Gasteiger partial charge in [-0.2, -0.15) is 30.6 Å². The summed E-state index contributed by atoms with van der Waals surface area (Å²) in [6, 6.07) is 7.49. The summed E-state index contributed by atoms with van der Waals surface area (Å²) in [4.78, 5) is 0. The quantitative estimate of drug-likeness (QED) is 0.106. The third kappa shape index (κ3) is 14.8. The van der Waals surface area contributed by atoms with E-state index in [1.165, 1.54) is 0 Å². The third-order valence-electron chi connectivity index (χ3n) is 4.47. The first-order chi connectivity index (χ1) is 19.0. The third-order valence-corrected chi connectivity index (χ3v) is 5.43. The molecule has 214 valence electrons. The van der Waals surface area contributed by atoms with Gasteiger partial charge < -0.3 is 10.6 Å². The van der Waals surface area contributed by atoms with Crippen molar-refractivity contribution in [2.75, 3.05) is 14.1 Å². The first-order valence-corrected chi connectivity index (χ1v) is 13.1. The Kier molecular flexibility index (Phi) is 16.3. The van der Waals surface area contributed by atoms with Gasteiger partial charge in [-0.25, -0.2) is 0 Å². The molecule has 1 rings (SSSR count). The number of benzene rings is 1. The first-order valence-electron chi connectivity index (χ1n) is 11.5. The molecule has 0 fully saturated rings. The van der Waals surface area contributed by atoms with Crippen LogP contribution in [0.3, 0.4) is 0 Å². The van der Waals surface area contributed by atoms with Gasteiger partial charge in [-0.05, 0) is 93.8 Å². The van der Waals surface area contributed by atoms with E-state index in [4.69, 9.17) is 48.9 Å². The molecular formula is C22H32N14S4. The molecule has 1 aromatic carbocycles. The molecule has 0 radical (unpaired) electrons. The van der Waals surface area contributed by atoms with Crippen molar-refractivity contribution >= 4 is 105 Å². The van der Waals surface area contributed by atoms with Crippen LogP contribution in [-0.2, 0) is 0 Å². The highest BCUT2D eigenvalue weighted by Crippen LogP contribution is 2.00. The van der Waals surface area contributed by atoms with Gasteiger partial charge in [0.05, 0.1) is 35.3 Å². The van der Waals surface area contributed by atoms with Crippen LogP contribution in [0.2, 0.25) is 0 Å². The Balaban J connectivity index is 2.57. The van der Waals surface area contributed by atoms with Crippen LogP contribution in [0.4, 0.5) is 0 Å². The highest BCUT2D eigenvalue weighted by Gasteiger charge is 2.00. The van der Waals surface area contributed by atoms with Crippen molar-refractivity contribution < 1.29 is 0 Å². The minimum Gasteiger partial charge on any atom is -0.364 e. The summed E-state index contributed by atoms with van der Waals surface area (Å²) in [5, 5.41) is 31.5. The average molecular weight is 621 g/mol. The molecule has 18 heteroatoms. The molecule has 8 N–H and O–H groups in total. The topological polar surface area (TPSA) is 170 Å². The van der Waals surface area contributed by atoms with Crippen LogP contribution in [0.15, 0.2) is 54.9 Å². The summed E-state index contributed by atoms with van der Waals surface area (Å²) < 4.78 is 0. The van der Waals surface area contributed by atoms with E-state index in [0.717, 1.165) is 11.1 Å². The summed E-state index contributed by atoms with van der Waals surface area (Å²) >= 11 is 20.3. The Labute approximate surface area is 254 Å². The molecule has 0 atom stereocenters. The number of hydrazone groups is 6. The molecule has 0 spiro atoms. The first kappa shape index (κ1) is 34.0. The molecule has 1 aromatic rings. The Bertz CT molecular complexity index is 1160. The van der Waals surface area contributed by atoms with Crippen molar-refractivity contribution in [2.45, 2.75) is 27.7 Å². The summed E-state index contributed by atoms with van der Waals surface area (Å²) in [6.45, 7) is 7.12. The maximum Gasteiger partial charge on any atom is 0.207 e. The predicted octanol–water partition coefficient (Wildman–Crippen LogP) is 0.974. The van der Waals surface area contributed by atoms with Crippen LogP contribution in [0.1, 0.15) is 38.8 Å². The Hall–Kier alpha value is -4.00. The van der Waals surface area contributed by atoms with Gasteiger partial charge in [-0.15, -0.1) is 0 Å². The van der Waals surface area contributed by atoms with E-state index in [1.54, 1.807) is 54.2 Å². The van der Waals surface area contributed by atoms with Crippen molar-refractivity contribution in [1.82, 2.24) is 43.2 Å². The molecule has 0 unspecified atom stereocenters. The van der Waals surface area contributed by atoms with E-state index in [2.05, 4.69) is 73.8 Å². The van der Waals surface area contributed by atoms with E-state index in [0.29, 0.717) is 33.1 Å². The lowest BCUT2D eigenvalue weighted by Crippen LogP contribution is -2.31. The molecule has 0 aromatic heterocycles. The van der Waals surface area contributed by atoms with Crippen LogP contribution in [0.5, 0.6) is 0 Å². The second-order valence-corrected chi connectivity index (χ2v) is 9.10. The van der Waals surface area contributed by atoms with Gasteiger partial charge in [-0.3, -0.25) is 32.6 Å². The van der Waals surface area contributed by atoms with Gasteiger partial charge >= 0.3 is 0 Å². The van der Waals surface area contributed by atoms with Crippen molar-refractivity contribution in [3.63, 3.8) is 0 Å². The highest BCUT2D eigenvalue weighted by atomic mass is 32.1. The lowest BCUT2D eigenvalue weighted by Gasteiger charge is -2.05. The molecule has 0 heterocycles. The van der Waals surface area contributed by atoms with E-state index in [9.17, 15) is 0 Å². The van der Waals surface area contributed by atoms with Crippen LogP contribution < -0.4 is 43.2 Å². The van der Waals surface area contributed by atoms with E-state index in [1.807, 2.05) is 24.3 Å². The molecule has 0 aliphatic rings. The fourth-order valence-electron chi connectivity index (χ4n) is 2.07. The van der Waals surface area contributed by atoms with Crippen molar-refractivity contribution in [3.05, 3.63) is 35.4 Å². The van der Waals surface area contributed by atoms with Crippen LogP contribution in [0.25, 0.3) is 0 Å². The lowest BCUT2D eigenvalue weighted by molar-refractivity contribution is 0.929. The summed E-state index contributed by atoms with van der Waals surface area (Å²) in [7, 11) is 3.40. The smallest absolute Gasteiger partial charge is 0.207 e. The molecule has 14 nitrogen and oxygen atoms in total. The van der Waals surface area contributed by atoms with Crippen LogP contribution >= 0.6 is 48.9 Å². The molecule has 0 aliphatic heterocycles. The number of hydrogen-bond acceptors (Lipinski definition) is 10. The number of thiocarbonyl (C=S) groups is 4. The summed E-state index contributed by atoms with van der Waals surface area (Å²) in [6.07, 6.45) is 3.21. The maximum absolute atomic E-state index is 5.18. The van der Waals surface area contributed by atoms with E-state index in [-0.39, 0.29) is 10.2 Å². The molecule has 0 saturated carbocycles. The Morgan fingerprint density at radius 2 is 0.875 bits per heavy atom. The molecule has 40 heavy (non-hydrogen) atoms. The zero-order valence-corrected chi connectivity index (χ0v) is 26.0. The molecule has 0 amide bonds. The van der Waals surface area contributed by atoms with E-state index < -0.39 is 0 Å². The minimum atomic E-state index is 0.210. The average Bonchev–Trinajstić information content (AvgIpc) is 2.95. The zero-order valence-electron chi connectivity index (χ0n) is 22.8.